The number of rotatable bonds is 5. The van der Waals surface area contributed by atoms with Gasteiger partial charge in [-0.25, -0.2) is 0 Å². The second-order valence-electron chi connectivity index (χ2n) is 3.96. The fourth-order valence-corrected chi connectivity index (χ4v) is 2.73. The molecule has 2 nitrogen and oxygen atoms in total. The average Bonchev–Trinajstić information content (AvgIpc) is 2.26. The minimum atomic E-state index is 0.0418. The smallest absolute Gasteiger partial charge is 0.0547 e. The summed E-state index contributed by atoms with van der Waals surface area (Å²) in [5.74, 6) is 0. The highest BCUT2D eigenvalue weighted by Gasteiger charge is 2.19. The summed E-state index contributed by atoms with van der Waals surface area (Å²) in [4.78, 5) is 0. The van der Waals surface area contributed by atoms with Gasteiger partial charge in [0.2, 0.25) is 0 Å². The summed E-state index contributed by atoms with van der Waals surface area (Å²) in [6, 6.07) is 7.77. The SMILES string of the molecule is CC(CO)SC(c1ccc(Cl)cc1)C(C)N. The summed E-state index contributed by atoms with van der Waals surface area (Å²) < 4.78 is 0. The summed E-state index contributed by atoms with van der Waals surface area (Å²) in [5.41, 5.74) is 7.13. The van der Waals surface area contributed by atoms with Crippen LogP contribution < -0.4 is 5.73 Å². The zero-order valence-electron chi connectivity index (χ0n) is 9.56. The van der Waals surface area contributed by atoms with Gasteiger partial charge >= 0.3 is 0 Å². The first-order valence-corrected chi connectivity index (χ1v) is 6.64. The van der Waals surface area contributed by atoms with Crippen molar-refractivity contribution in [2.45, 2.75) is 30.4 Å². The minimum absolute atomic E-state index is 0.0418. The normalized spacial score (nSPS) is 16.8. The molecule has 16 heavy (non-hydrogen) atoms. The van der Waals surface area contributed by atoms with Crippen LogP contribution in [0.4, 0.5) is 0 Å². The van der Waals surface area contributed by atoms with E-state index in [2.05, 4.69) is 0 Å². The van der Waals surface area contributed by atoms with E-state index in [1.807, 2.05) is 38.1 Å². The van der Waals surface area contributed by atoms with Crippen LogP contribution >= 0.6 is 23.4 Å². The number of benzene rings is 1. The molecular formula is C12H18ClNOS. The summed E-state index contributed by atoms with van der Waals surface area (Å²) in [6.45, 7) is 4.15. The van der Waals surface area contributed by atoms with Crippen LogP contribution in [0.5, 0.6) is 0 Å². The Balaban J connectivity index is 2.81. The number of halogens is 1. The van der Waals surface area contributed by atoms with E-state index in [9.17, 15) is 0 Å². The van der Waals surface area contributed by atoms with Crippen molar-refractivity contribution in [1.82, 2.24) is 0 Å². The molecule has 0 aliphatic rings. The number of thioether (sulfide) groups is 1. The maximum absolute atomic E-state index is 9.07. The third-order valence-corrected chi connectivity index (χ3v) is 4.17. The van der Waals surface area contributed by atoms with Gasteiger partial charge in [0.15, 0.2) is 0 Å². The maximum atomic E-state index is 9.07. The summed E-state index contributed by atoms with van der Waals surface area (Å²) in [6.07, 6.45) is 0. The third-order valence-electron chi connectivity index (χ3n) is 2.31. The van der Waals surface area contributed by atoms with Gasteiger partial charge in [0.25, 0.3) is 0 Å². The molecule has 0 aromatic heterocycles. The predicted octanol–water partition coefficient (Wildman–Crippen LogP) is 2.84. The largest absolute Gasteiger partial charge is 0.395 e. The molecule has 1 aromatic rings. The molecule has 0 fully saturated rings. The number of hydrogen-bond donors (Lipinski definition) is 2. The van der Waals surface area contributed by atoms with Gasteiger partial charge in [0.05, 0.1) is 6.61 Å². The molecule has 0 aliphatic heterocycles. The number of nitrogens with two attached hydrogens (primary N) is 1. The second-order valence-corrected chi connectivity index (χ2v) is 5.98. The van der Waals surface area contributed by atoms with E-state index in [0.29, 0.717) is 0 Å². The molecule has 0 saturated heterocycles. The van der Waals surface area contributed by atoms with E-state index in [-0.39, 0.29) is 23.1 Å². The molecule has 3 atom stereocenters. The van der Waals surface area contributed by atoms with Crippen molar-refractivity contribution in [3.8, 4) is 0 Å². The van der Waals surface area contributed by atoms with Crippen molar-refractivity contribution < 1.29 is 5.11 Å². The predicted molar refractivity (Wildman–Crippen MR) is 72.0 cm³/mol. The van der Waals surface area contributed by atoms with Crippen molar-refractivity contribution in [2.75, 3.05) is 6.61 Å². The molecule has 3 N–H and O–H groups in total. The first-order valence-electron chi connectivity index (χ1n) is 5.32. The molecule has 0 radical (unpaired) electrons. The van der Waals surface area contributed by atoms with Gasteiger partial charge in [-0.05, 0) is 24.6 Å². The molecule has 0 saturated carbocycles. The van der Waals surface area contributed by atoms with E-state index < -0.39 is 0 Å². The van der Waals surface area contributed by atoms with Gasteiger partial charge in [-0.15, -0.1) is 11.8 Å². The fourth-order valence-electron chi connectivity index (χ4n) is 1.45. The summed E-state index contributed by atoms with van der Waals surface area (Å²) in [7, 11) is 0. The third kappa shape index (κ3) is 3.98. The van der Waals surface area contributed by atoms with E-state index in [1.165, 1.54) is 0 Å². The summed E-state index contributed by atoms with van der Waals surface area (Å²) in [5, 5.41) is 10.2. The minimum Gasteiger partial charge on any atom is -0.395 e. The van der Waals surface area contributed by atoms with Gasteiger partial charge < -0.3 is 10.8 Å². The van der Waals surface area contributed by atoms with Crippen LogP contribution in [-0.2, 0) is 0 Å². The standard InChI is InChI=1S/C12H18ClNOS/c1-8(7-15)16-12(9(2)14)10-3-5-11(13)6-4-10/h3-6,8-9,12,15H,7,14H2,1-2H3. The van der Waals surface area contributed by atoms with Gasteiger partial charge in [0, 0.05) is 21.6 Å². The molecule has 4 heteroatoms. The lowest BCUT2D eigenvalue weighted by atomic mass is 10.1. The lowest BCUT2D eigenvalue weighted by Gasteiger charge is -2.23. The molecule has 0 heterocycles. The first kappa shape index (κ1) is 13.8. The monoisotopic (exact) mass is 259 g/mol. The molecule has 90 valence electrons. The van der Waals surface area contributed by atoms with E-state index in [0.717, 1.165) is 10.6 Å². The molecule has 1 rings (SSSR count). The van der Waals surface area contributed by atoms with Crippen LogP contribution in [0.1, 0.15) is 24.7 Å². The Morgan fingerprint density at radius 3 is 2.31 bits per heavy atom. The van der Waals surface area contributed by atoms with E-state index in [4.69, 9.17) is 22.4 Å². The maximum Gasteiger partial charge on any atom is 0.0547 e. The highest BCUT2D eigenvalue weighted by atomic mass is 35.5. The lowest BCUT2D eigenvalue weighted by Crippen LogP contribution is -2.24. The van der Waals surface area contributed by atoms with E-state index in [1.54, 1.807) is 11.8 Å². The fraction of sp³-hybridized carbons (Fsp3) is 0.500. The van der Waals surface area contributed by atoms with Crippen molar-refractivity contribution in [3.05, 3.63) is 34.9 Å². The molecule has 0 spiro atoms. The molecular weight excluding hydrogens is 242 g/mol. The zero-order chi connectivity index (χ0) is 12.1. The average molecular weight is 260 g/mol. The lowest BCUT2D eigenvalue weighted by molar-refractivity contribution is 0.299. The Morgan fingerprint density at radius 2 is 1.88 bits per heavy atom. The Bertz CT molecular complexity index is 315. The van der Waals surface area contributed by atoms with Crippen molar-refractivity contribution in [3.63, 3.8) is 0 Å². The van der Waals surface area contributed by atoms with Crippen LogP contribution in [0, 0.1) is 0 Å². The second kappa shape index (κ2) is 6.50. The van der Waals surface area contributed by atoms with Crippen molar-refractivity contribution in [1.29, 1.82) is 0 Å². The molecule has 0 aliphatic carbocycles. The molecule has 1 aromatic carbocycles. The van der Waals surface area contributed by atoms with Crippen LogP contribution in [0.25, 0.3) is 0 Å². The topological polar surface area (TPSA) is 46.2 Å². The van der Waals surface area contributed by atoms with Gasteiger partial charge in [0.1, 0.15) is 0 Å². The molecule has 3 unspecified atom stereocenters. The summed E-state index contributed by atoms with van der Waals surface area (Å²) >= 11 is 7.54. The zero-order valence-corrected chi connectivity index (χ0v) is 11.1. The van der Waals surface area contributed by atoms with Crippen molar-refractivity contribution >= 4 is 23.4 Å². The Hall–Kier alpha value is -0.220. The van der Waals surface area contributed by atoms with Crippen LogP contribution in [0.15, 0.2) is 24.3 Å². The molecule has 0 bridgehead atoms. The number of hydrogen-bond acceptors (Lipinski definition) is 3. The van der Waals surface area contributed by atoms with Gasteiger partial charge in [-0.2, -0.15) is 0 Å². The first-order chi connectivity index (χ1) is 7.54. The van der Waals surface area contributed by atoms with Gasteiger partial charge in [-0.1, -0.05) is 30.7 Å². The van der Waals surface area contributed by atoms with Crippen LogP contribution in [0.3, 0.4) is 0 Å². The highest BCUT2D eigenvalue weighted by Crippen LogP contribution is 2.34. The van der Waals surface area contributed by atoms with Gasteiger partial charge in [-0.3, -0.25) is 0 Å². The Morgan fingerprint density at radius 1 is 1.31 bits per heavy atom. The highest BCUT2D eigenvalue weighted by molar-refractivity contribution is 8.00. The Labute approximate surface area is 106 Å². The number of aliphatic hydroxyl groups is 1. The van der Waals surface area contributed by atoms with Crippen LogP contribution in [-0.4, -0.2) is 23.0 Å². The van der Waals surface area contributed by atoms with Crippen LogP contribution in [0.2, 0.25) is 5.02 Å². The van der Waals surface area contributed by atoms with E-state index >= 15 is 0 Å². The number of aliphatic hydroxyl groups excluding tert-OH is 1. The molecule has 0 amide bonds. The Kier molecular flexibility index (Phi) is 5.62. The quantitative estimate of drug-likeness (QED) is 0.855. The van der Waals surface area contributed by atoms with Crippen molar-refractivity contribution in [2.24, 2.45) is 5.73 Å².